The molecule has 0 saturated carbocycles. The molecule has 0 heterocycles. The van der Waals surface area contributed by atoms with Gasteiger partial charge < -0.3 is 10.5 Å². The molecule has 0 radical (unpaired) electrons. The fourth-order valence-electron chi connectivity index (χ4n) is 1.66. The van der Waals surface area contributed by atoms with E-state index in [1.54, 1.807) is 18.2 Å². The molecule has 0 aliphatic heterocycles. The van der Waals surface area contributed by atoms with Gasteiger partial charge in [-0.3, -0.25) is 0 Å². The smallest absolute Gasteiger partial charge is 0.129 e. The number of hydrogen-bond donors (Lipinski definition) is 1. The van der Waals surface area contributed by atoms with E-state index >= 15 is 0 Å². The number of halogens is 1. The van der Waals surface area contributed by atoms with Crippen LogP contribution in [0.1, 0.15) is 24.1 Å². The van der Waals surface area contributed by atoms with Crippen molar-refractivity contribution in [1.29, 1.82) is 0 Å². The molecule has 0 amide bonds. The van der Waals surface area contributed by atoms with E-state index in [9.17, 15) is 4.39 Å². The van der Waals surface area contributed by atoms with Crippen LogP contribution < -0.4 is 10.5 Å². The Hall–Kier alpha value is -1.87. The third-order valence-corrected chi connectivity index (χ3v) is 2.74. The lowest BCUT2D eigenvalue weighted by Gasteiger charge is -2.10. The summed E-state index contributed by atoms with van der Waals surface area (Å²) in [5, 5.41) is 0. The molecule has 2 aromatic carbocycles. The first-order valence-corrected chi connectivity index (χ1v) is 5.88. The Labute approximate surface area is 106 Å². The average molecular weight is 245 g/mol. The molecule has 0 aromatic heterocycles. The van der Waals surface area contributed by atoms with Crippen LogP contribution in [-0.4, -0.2) is 0 Å². The minimum Gasteiger partial charge on any atom is -0.489 e. The van der Waals surface area contributed by atoms with Crippen molar-refractivity contribution < 1.29 is 9.13 Å². The van der Waals surface area contributed by atoms with E-state index in [2.05, 4.69) is 0 Å². The van der Waals surface area contributed by atoms with Gasteiger partial charge in [-0.2, -0.15) is 0 Å². The Morgan fingerprint density at radius 2 is 1.94 bits per heavy atom. The van der Waals surface area contributed by atoms with Crippen LogP contribution in [0.5, 0.6) is 5.75 Å². The molecule has 94 valence electrons. The molecule has 1 atom stereocenters. The van der Waals surface area contributed by atoms with Gasteiger partial charge in [-0.25, -0.2) is 4.39 Å². The van der Waals surface area contributed by atoms with Gasteiger partial charge in [-0.15, -0.1) is 0 Å². The number of benzene rings is 2. The van der Waals surface area contributed by atoms with Crippen molar-refractivity contribution in [2.24, 2.45) is 5.73 Å². The molecule has 2 nitrogen and oxygen atoms in total. The Morgan fingerprint density at radius 1 is 1.17 bits per heavy atom. The van der Waals surface area contributed by atoms with Crippen LogP contribution >= 0.6 is 0 Å². The Kier molecular flexibility index (Phi) is 3.95. The van der Waals surface area contributed by atoms with Crippen LogP contribution in [-0.2, 0) is 6.61 Å². The van der Waals surface area contributed by atoms with Crippen LogP contribution in [0.4, 0.5) is 4.39 Å². The first-order valence-electron chi connectivity index (χ1n) is 5.88. The average Bonchev–Trinajstić information content (AvgIpc) is 2.38. The van der Waals surface area contributed by atoms with E-state index in [4.69, 9.17) is 10.5 Å². The van der Waals surface area contributed by atoms with Gasteiger partial charge in [0.25, 0.3) is 0 Å². The maximum Gasteiger partial charge on any atom is 0.129 e. The van der Waals surface area contributed by atoms with Gasteiger partial charge in [0.05, 0.1) is 0 Å². The minimum absolute atomic E-state index is 0.0398. The maximum atomic E-state index is 13.4. The highest BCUT2D eigenvalue weighted by Gasteiger charge is 2.04. The molecule has 3 heteroatoms. The van der Waals surface area contributed by atoms with Crippen molar-refractivity contribution in [2.75, 3.05) is 0 Å². The minimum atomic E-state index is -0.249. The second-order valence-electron chi connectivity index (χ2n) is 4.24. The monoisotopic (exact) mass is 245 g/mol. The highest BCUT2D eigenvalue weighted by atomic mass is 19.1. The second-order valence-corrected chi connectivity index (χ2v) is 4.24. The zero-order valence-electron chi connectivity index (χ0n) is 10.3. The highest BCUT2D eigenvalue weighted by Crippen LogP contribution is 2.19. The zero-order valence-corrected chi connectivity index (χ0v) is 10.3. The van der Waals surface area contributed by atoms with Crippen molar-refractivity contribution in [2.45, 2.75) is 19.6 Å². The fraction of sp³-hybridized carbons (Fsp3) is 0.200. The molecule has 0 bridgehead atoms. The largest absolute Gasteiger partial charge is 0.489 e. The van der Waals surface area contributed by atoms with E-state index in [1.165, 1.54) is 6.07 Å². The van der Waals surface area contributed by atoms with E-state index in [0.717, 1.165) is 5.56 Å². The molecule has 0 aliphatic carbocycles. The van der Waals surface area contributed by atoms with Crippen molar-refractivity contribution >= 4 is 0 Å². The summed E-state index contributed by atoms with van der Waals surface area (Å²) >= 11 is 0. The van der Waals surface area contributed by atoms with Crippen molar-refractivity contribution in [3.05, 3.63) is 65.5 Å². The summed E-state index contributed by atoms with van der Waals surface area (Å²) in [4.78, 5) is 0. The molecular formula is C15H16FNO. The highest BCUT2D eigenvalue weighted by molar-refractivity contribution is 5.30. The summed E-state index contributed by atoms with van der Waals surface area (Å²) in [7, 11) is 0. The molecule has 18 heavy (non-hydrogen) atoms. The van der Waals surface area contributed by atoms with Gasteiger partial charge in [-0.1, -0.05) is 30.3 Å². The third kappa shape index (κ3) is 3.08. The predicted octanol–water partition coefficient (Wildman–Crippen LogP) is 3.42. The van der Waals surface area contributed by atoms with Crippen LogP contribution in [0.3, 0.4) is 0 Å². The number of rotatable bonds is 4. The van der Waals surface area contributed by atoms with Crippen LogP contribution in [0, 0.1) is 5.82 Å². The molecule has 2 aromatic rings. The van der Waals surface area contributed by atoms with Crippen LogP contribution in [0.25, 0.3) is 0 Å². The molecule has 0 fully saturated rings. The topological polar surface area (TPSA) is 35.2 Å². The van der Waals surface area contributed by atoms with Gasteiger partial charge in [0.2, 0.25) is 0 Å². The molecule has 0 unspecified atom stereocenters. The molecular weight excluding hydrogens is 229 g/mol. The van der Waals surface area contributed by atoms with Crippen molar-refractivity contribution in [3.8, 4) is 5.75 Å². The van der Waals surface area contributed by atoms with Crippen LogP contribution in [0.2, 0.25) is 0 Å². The van der Waals surface area contributed by atoms with E-state index in [-0.39, 0.29) is 18.5 Å². The lowest BCUT2D eigenvalue weighted by Crippen LogP contribution is -2.05. The summed E-state index contributed by atoms with van der Waals surface area (Å²) < 4.78 is 19.0. The predicted molar refractivity (Wildman–Crippen MR) is 69.8 cm³/mol. The lowest BCUT2D eigenvalue weighted by molar-refractivity contribution is 0.299. The molecule has 2 N–H and O–H groups in total. The summed E-state index contributed by atoms with van der Waals surface area (Å²) in [5.74, 6) is 0.453. The van der Waals surface area contributed by atoms with Gasteiger partial charge >= 0.3 is 0 Å². The second kappa shape index (κ2) is 5.65. The summed E-state index contributed by atoms with van der Waals surface area (Å²) in [6, 6.07) is 14.1. The first-order chi connectivity index (χ1) is 8.66. The van der Waals surface area contributed by atoms with Crippen molar-refractivity contribution in [3.63, 3.8) is 0 Å². The first kappa shape index (κ1) is 12.6. The molecule has 0 saturated heterocycles. The quantitative estimate of drug-likeness (QED) is 0.895. The van der Waals surface area contributed by atoms with Crippen LogP contribution in [0.15, 0.2) is 48.5 Å². The van der Waals surface area contributed by atoms with Gasteiger partial charge in [0.1, 0.15) is 18.2 Å². The number of hydrogen-bond acceptors (Lipinski definition) is 2. The molecule has 0 aliphatic rings. The SMILES string of the molecule is C[C@H](N)c1cccc(OCc2ccccc2F)c1. The lowest BCUT2D eigenvalue weighted by atomic mass is 10.1. The third-order valence-electron chi connectivity index (χ3n) is 2.74. The van der Waals surface area contributed by atoms with Gasteiger partial charge in [0, 0.05) is 11.6 Å². The summed E-state index contributed by atoms with van der Waals surface area (Å²) in [6.45, 7) is 2.13. The standard InChI is InChI=1S/C15H16FNO/c1-11(17)12-6-4-7-14(9-12)18-10-13-5-2-3-8-15(13)16/h2-9,11H,10,17H2,1H3/t11-/m0/s1. The Balaban J connectivity index is 2.07. The van der Waals surface area contributed by atoms with E-state index in [1.807, 2.05) is 31.2 Å². The maximum absolute atomic E-state index is 13.4. The zero-order chi connectivity index (χ0) is 13.0. The normalized spacial score (nSPS) is 12.2. The van der Waals surface area contributed by atoms with E-state index < -0.39 is 0 Å². The van der Waals surface area contributed by atoms with E-state index in [0.29, 0.717) is 11.3 Å². The van der Waals surface area contributed by atoms with Gasteiger partial charge in [0.15, 0.2) is 0 Å². The molecule has 2 rings (SSSR count). The Bertz CT molecular complexity index is 525. The molecule has 0 spiro atoms. The van der Waals surface area contributed by atoms with Gasteiger partial charge in [-0.05, 0) is 30.7 Å². The number of nitrogens with two attached hydrogens (primary N) is 1. The summed E-state index contributed by atoms with van der Waals surface area (Å²) in [6.07, 6.45) is 0. The Morgan fingerprint density at radius 3 is 2.67 bits per heavy atom. The fourth-order valence-corrected chi connectivity index (χ4v) is 1.66. The van der Waals surface area contributed by atoms with Crippen molar-refractivity contribution in [1.82, 2.24) is 0 Å². The summed E-state index contributed by atoms with van der Waals surface area (Å²) in [5.41, 5.74) is 7.34. The number of ether oxygens (including phenoxy) is 1.